The molecule has 3 rings (SSSR count). The molecule has 0 unspecified atom stereocenters. The molecule has 0 spiro atoms. The van der Waals surface area contributed by atoms with Crippen LogP contribution in [-0.2, 0) is 6.42 Å². The van der Waals surface area contributed by atoms with Gasteiger partial charge < -0.3 is 10.1 Å². The number of aromatic nitrogens is 2. The number of benzene rings is 2. The van der Waals surface area contributed by atoms with Crippen LogP contribution in [0.2, 0.25) is 5.02 Å². The normalized spacial score (nSPS) is 10.4. The summed E-state index contributed by atoms with van der Waals surface area (Å²) in [6.45, 7) is 1.80. The number of ether oxygens (including phenoxy) is 1. The number of methoxy groups -OCH3 is 1. The number of aryl methyl sites for hydroxylation is 1. The first-order chi connectivity index (χ1) is 12.6. The number of carbonyl (C=O) groups excluding carboxylic acids is 1. The van der Waals surface area contributed by atoms with Crippen molar-refractivity contribution in [1.29, 1.82) is 0 Å². The summed E-state index contributed by atoms with van der Waals surface area (Å²) >= 11 is 6.09. The van der Waals surface area contributed by atoms with Gasteiger partial charge in [0.25, 0.3) is 5.91 Å². The fourth-order valence-corrected chi connectivity index (χ4v) is 2.80. The van der Waals surface area contributed by atoms with Crippen LogP contribution in [0, 0.1) is 6.92 Å². The van der Waals surface area contributed by atoms with Gasteiger partial charge in [-0.3, -0.25) is 4.79 Å². The summed E-state index contributed by atoms with van der Waals surface area (Å²) < 4.78 is 5.11. The van der Waals surface area contributed by atoms with E-state index in [4.69, 9.17) is 16.3 Å². The summed E-state index contributed by atoms with van der Waals surface area (Å²) in [7, 11) is 1.54. The molecule has 1 N–H and O–H groups in total. The van der Waals surface area contributed by atoms with Gasteiger partial charge in [0.2, 0.25) is 0 Å². The standard InChI is InChI=1S/C20H18ClN3O2/c1-13-16(12-22-19(23-13)10-14-6-4-3-5-7-14)20(25)24-15-8-9-18(26-2)17(21)11-15/h3-9,11-12H,10H2,1-2H3,(H,24,25). The van der Waals surface area contributed by atoms with Gasteiger partial charge in [0.1, 0.15) is 11.6 Å². The van der Waals surface area contributed by atoms with Crippen molar-refractivity contribution in [3.8, 4) is 5.75 Å². The zero-order valence-electron chi connectivity index (χ0n) is 14.5. The van der Waals surface area contributed by atoms with E-state index >= 15 is 0 Å². The van der Waals surface area contributed by atoms with E-state index in [9.17, 15) is 4.79 Å². The van der Waals surface area contributed by atoms with Gasteiger partial charge >= 0.3 is 0 Å². The van der Waals surface area contributed by atoms with Crippen molar-refractivity contribution in [3.05, 3.63) is 82.4 Å². The first-order valence-corrected chi connectivity index (χ1v) is 8.46. The molecular weight excluding hydrogens is 350 g/mol. The van der Waals surface area contributed by atoms with Crippen LogP contribution in [0.3, 0.4) is 0 Å². The first-order valence-electron chi connectivity index (χ1n) is 8.08. The van der Waals surface area contributed by atoms with Gasteiger partial charge in [-0.15, -0.1) is 0 Å². The van der Waals surface area contributed by atoms with Gasteiger partial charge in [0.05, 0.1) is 23.4 Å². The number of hydrogen-bond donors (Lipinski definition) is 1. The Hall–Kier alpha value is -2.92. The third-order valence-corrected chi connectivity index (χ3v) is 4.18. The van der Waals surface area contributed by atoms with Crippen molar-refractivity contribution in [3.63, 3.8) is 0 Å². The summed E-state index contributed by atoms with van der Waals surface area (Å²) in [5.74, 6) is 0.946. The van der Waals surface area contributed by atoms with Gasteiger partial charge in [0, 0.05) is 18.3 Å². The molecule has 6 heteroatoms. The molecule has 0 aliphatic carbocycles. The Morgan fingerprint density at radius 1 is 1.19 bits per heavy atom. The van der Waals surface area contributed by atoms with Gasteiger partial charge in [-0.1, -0.05) is 41.9 Å². The second-order valence-corrected chi connectivity index (χ2v) is 6.16. The quantitative estimate of drug-likeness (QED) is 0.730. The molecule has 2 aromatic carbocycles. The molecule has 0 fully saturated rings. The highest BCUT2D eigenvalue weighted by Crippen LogP contribution is 2.27. The van der Waals surface area contributed by atoms with Crippen molar-refractivity contribution in [1.82, 2.24) is 9.97 Å². The Balaban J connectivity index is 1.74. The van der Waals surface area contributed by atoms with Crippen molar-refractivity contribution in [2.24, 2.45) is 0 Å². The second kappa shape index (κ2) is 7.97. The van der Waals surface area contributed by atoms with E-state index in [1.54, 1.807) is 31.3 Å². The molecule has 0 aliphatic rings. The Morgan fingerprint density at radius 2 is 1.96 bits per heavy atom. The van der Waals surface area contributed by atoms with Crippen molar-refractivity contribution in [2.45, 2.75) is 13.3 Å². The molecule has 5 nitrogen and oxygen atoms in total. The molecule has 1 aromatic heterocycles. The highest BCUT2D eigenvalue weighted by atomic mass is 35.5. The van der Waals surface area contributed by atoms with Crippen LogP contribution in [0.25, 0.3) is 0 Å². The molecular formula is C20H18ClN3O2. The first kappa shape index (κ1) is 17.9. The maximum absolute atomic E-state index is 12.5. The topological polar surface area (TPSA) is 64.1 Å². The van der Waals surface area contributed by atoms with E-state index in [0.29, 0.717) is 40.0 Å². The number of halogens is 1. The monoisotopic (exact) mass is 367 g/mol. The smallest absolute Gasteiger partial charge is 0.259 e. The van der Waals surface area contributed by atoms with Crippen LogP contribution in [0.1, 0.15) is 27.4 Å². The van der Waals surface area contributed by atoms with Crippen molar-refractivity contribution < 1.29 is 9.53 Å². The Bertz CT molecular complexity index is 930. The van der Waals surface area contributed by atoms with E-state index < -0.39 is 0 Å². The van der Waals surface area contributed by atoms with Crippen LogP contribution in [-0.4, -0.2) is 23.0 Å². The maximum Gasteiger partial charge on any atom is 0.259 e. The SMILES string of the molecule is COc1ccc(NC(=O)c2cnc(Cc3ccccc3)nc2C)cc1Cl. The molecule has 0 aliphatic heterocycles. The fourth-order valence-electron chi connectivity index (χ4n) is 2.54. The summed E-state index contributed by atoms with van der Waals surface area (Å²) in [6.07, 6.45) is 2.18. The zero-order valence-corrected chi connectivity index (χ0v) is 15.2. The molecule has 3 aromatic rings. The van der Waals surface area contributed by atoms with Gasteiger partial charge in [-0.05, 0) is 30.7 Å². The highest BCUT2D eigenvalue weighted by Gasteiger charge is 2.13. The van der Waals surface area contributed by atoms with Crippen LogP contribution >= 0.6 is 11.6 Å². The number of nitrogens with one attached hydrogen (secondary N) is 1. The molecule has 0 saturated heterocycles. The summed E-state index contributed by atoms with van der Waals surface area (Å²) in [5, 5.41) is 3.23. The van der Waals surface area contributed by atoms with Crippen LogP contribution in [0.5, 0.6) is 5.75 Å². The lowest BCUT2D eigenvalue weighted by atomic mass is 10.1. The predicted molar refractivity (Wildman–Crippen MR) is 102 cm³/mol. The highest BCUT2D eigenvalue weighted by molar-refractivity contribution is 6.32. The number of amides is 1. The van der Waals surface area contributed by atoms with Gasteiger partial charge in [-0.2, -0.15) is 0 Å². The summed E-state index contributed by atoms with van der Waals surface area (Å²) in [6, 6.07) is 15.0. The number of anilines is 1. The molecule has 26 heavy (non-hydrogen) atoms. The van der Waals surface area contributed by atoms with E-state index in [2.05, 4.69) is 15.3 Å². The average Bonchev–Trinajstić information content (AvgIpc) is 2.63. The molecule has 0 saturated carbocycles. The van der Waals surface area contributed by atoms with Crippen molar-refractivity contribution in [2.75, 3.05) is 12.4 Å². The summed E-state index contributed by atoms with van der Waals surface area (Å²) in [5.41, 5.74) is 2.75. The third kappa shape index (κ3) is 4.18. The van der Waals surface area contributed by atoms with Gasteiger partial charge in [-0.25, -0.2) is 9.97 Å². The minimum atomic E-state index is -0.282. The molecule has 0 atom stereocenters. The molecule has 132 valence electrons. The average molecular weight is 368 g/mol. The Labute approximate surface area is 157 Å². The second-order valence-electron chi connectivity index (χ2n) is 5.75. The molecule has 1 heterocycles. The van der Waals surface area contributed by atoms with Crippen molar-refractivity contribution >= 4 is 23.2 Å². The van der Waals surface area contributed by atoms with Crippen LogP contribution < -0.4 is 10.1 Å². The predicted octanol–water partition coefficient (Wildman–Crippen LogP) is 4.29. The van der Waals surface area contributed by atoms with E-state index in [1.165, 1.54) is 7.11 Å². The zero-order chi connectivity index (χ0) is 18.5. The third-order valence-electron chi connectivity index (χ3n) is 3.89. The minimum Gasteiger partial charge on any atom is -0.495 e. The molecule has 1 amide bonds. The Kier molecular flexibility index (Phi) is 5.49. The fraction of sp³-hybridized carbons (Fsp3) is 0.150. The molecule has 0 radical (unpaired) electrons. The lowest BCUT2D eigenvalue weighted by Crippen LogP contribution is -2.15. The lowest BCUT2D eigenvalue weighted by molar-refractivity contribution is 0.102. The number of rotatable bonds is 5. The minimum absolute atomic E-state index is 0.282. The van der Waals surface area contributed by atoms with Crippen LogP contribution in [0.4, 0.5) is 5.69 Å². The van der Waals surface area contributed by atoms with E-state index in [-0.39, 0.29) is 5.91 Å². The van der Waals surface area contributed by atoms with Gasteiger partial charge in [0.15, 0.2) is 0 Å². The number of hydrogen-bond acceptors (Lipinski definition) is 4. The number of nitrogens with zero attached hydrogens (tertiary/aromatic N) is 2. The summed E-state index contributed by atoms with van der Waals surface area (Å²) in [4.78, 5) is 21.3. The van der Waals surface area contributed by atoms with Crippen LogP contribution in [0.15, 0.2) is 54.7 Å². The number of carbonyl (C=O) groups is 1. The Morgan fingerprint density at radius 3 is 2.62 bits per heavy atom. The lowest BCUT2D eigenvalue weighted by Gasteiger charge is -2.10. The van der Waals surface area contributed by atoms with E-state index in [0.717, 1.165) is 5.56 Å². The van der Waals surface area contributed by atoms with E-state index in [1.807, 2.05) is 30.3 Å². The largest absolute Gasteiger partial charge is 0.495 e. The maximum atomic E-state index is 12.5. The molecule has 0 bridgehead atoms.